The molecule has 0 saturated heterocycles. The van der Waals surface area contributed by atoms with Crippen LogP contribution in [0, 0.1) is 0 Å². The quantitative estimate of drug-likeness (QED) is 0.917. The lowest BCUT2D eigenvalue weighted by Crippen LogP contribution is -2.18. The van der Waals surface area contributed by atoms with Crippen molar-refractivity contribution in [2.45, 2.75) is 45.7 Å². The molecule has 1 aromatic heterocycles. The van der Waals surface area contributed by atoms with Crippen LogP contribution >= 0.6 is 0 Å². The largest absolute Gasteiger partial charge is 0.334 e. The van der Waals surface area contributed by atoms with Crippen LogP contribution in [0.1, 0.15) is 50.7 Å². The number of benzene rings is 1. The van der Waals surface area contributed by atoms with E-state index in [1.807, 2.05) is 12.4 Å². The Morgan fingerprint density at radius 1 is 1.21 bits per heavy atom. The van der Waals surface area contributed by atoms with E-state index in [-0.39, 0.29) is 11.5 Å². The summed E-state index contributed by atoms with van der Waals surface area (Å²) < 4.78 is 2.09. The van der Waals surface area contributed by atoms with E-state index in [1.165, 1.54) is 5.56 Å². The van der Waals surface area contributed by atoms with E-state index in [1.54, 1.807) is 0 Å². The Kier molecular flexibility index (Phi) is 3.76. The van der Waals surface area contributed by atoms with Crippen molar-refractivity contribution in [1.82, 2.24) is 9.55 Å². The van der Waals surface area contributed by atoms with Gasteiger partial charge in [0.2, 0.25) is 0 Å². The van der Waals surface area contributed by atoms with Crippen LogP contribution in [0.3, 0.4) is 0 Å². The third-order valence-electron chi connectivity index (χ3n) is 3.50. The summed E-state index contributed by atoms with van der Waals surface area (Å²) >= 11 is 0. The van der Waals surface area contributed by atoms with Crippen LogP contribution in [-0.4, -0.2) is 9.55 Å². The molecule has 0 aliphatic carbocycles. The Labute approximate surface area is 115 Å². The number of rotatable bonds is 3. The summed E-state index contributed by atoms with van der Waals surface area (Å²) in [6, 6.07) is 8.38. The Morgan fingerprint density at radius 2 is 1.84 bits per heavy atom. The van der Waals surface area contributed by atoms with Crippen LogP contribution in [0.4, 0.5) is 0 Å². The van der Waals surface area contributed by atoms with Gasteiger partial charge in [-0.05, 0) is 23.5 Å². The van der Waals surface area contributed by atoms with Crippen LogP contribution in [0.5, 0.6) is 0 Å². The highest BCUT2D eigenvalue weighted by molar-refractivity contribution is 5.31. The van der Waals surface area contributed by atoms with Crippen LogP contribution in [-0.2, 0) is 12.0 Å². The van der Waals surface area contributed by atoms with Crippen molar-refractivity contribution in [3.05, 3.63) is 53.6 Å². The van der Waals surface area contributed by atoms with Crippen molar-refractivity contribution in [1.29, 1.82) is 0 Å². The monoisotopic (exact) mass is 257 g/mol. The Morgan fingerprint density at radius 3 is 2.37 bits per heavy atom. The van der Waals surface area contributed by atoms with Crippen molar-refractivity contribution in [2.75, 3.05) is 0 Å². The average Bonchev–Trinajstić information content (AvgIpc) is 2.85. The van der Waals surface area contributed by atoms with E-state index < -0.39 is 0 Å². The summed E-state index contributed by atoms with van der Waals surface area (Å²) in [6.07, 6.45) is 3.78. The summed E-state index contributed by atoms with van der Waals surface area (Å²) in [6.45, 7) is 9.63. The van der Waals surface area contributed by atoms with Crippen LogP contribution < -0.4 is 5.73 Å². The molecule has 0 saturated carbocycles. The van der Waals surface area contributed by atoms with Crippen molar-refractivity contribution in [3.8, 4) is 0 Å². The van der Waals surface area contributed by atoms with Crippen molar-refractivity contribution < 1.29 is 0 Å². The molecule has 0 aliphatic rings. The van der Waals surface area contributed by atoms with Gasteiger partial charge in [-0.2, -0.15) is 0 Å². The molecule has 1 atom stereocenters. The molecular formula is C16H23N3. The van der Waals surface area contributed by atoms with Gasteiger partial charge in [0, 0.05) is 18.9 Å². The van der Waals surface area contributed by atoms with Gasteiger partial charge in [0.1, 0.15) is 5.82 Å². The molecule has 0 radical (unpaired) electrons. The molecule has 3 nitrogen and oxygen atoms in total. The highest BCUT2D eigenvalue weighted by Crippen LogP contribution is 2.25. The number of aryl methyl sites for hydroxylation is 1. The van der Waals surface area contributed by atoms with Gasteiger partial charge in [0.05, 0.1) is 6.04 Å². The van der Waals surface area contributed by atoms with Gasteiger partial charge >= 0.3 is 0 Å². The lowest BCUT2D eigenvalue weighted by atomic mass is 9.86. The molecule has 0 bridgehead atoms. The first-order valence-electron chi connectivity index (χ1n) is 6.80. The Hall–Kier alpha value is -1.61. The van der Waals surface area contributed by atoms with Gasteiger partial charge in [-0.25, -0.2) is 4.98 Å². The first-order valence-corrected chi connectivity index (χ1v) is 6.80. The number of nitrogens with two attached hydrogens (primary N) is 1. The summed E-state index contributed by atoms with van der Waals surface area (Å²) in [5, 5.41) is 0. The average molecular weight is 257 g/mol. The minimum atomic E-state index is -0.163. The minimum Gasteiger partial charge on any atom is -0.334 e. The second kappa shape index (κ2) is 5.17. The van der Waals surface area contributed by atoms with E-state index in [0.29, 0.717) is 0 Å². The first kappa shape index (κ1) is 13.8. The van der Waals surface area contributed by atoms with Crippen LogP contribution in [0.15, 0.2) is 36.7 Å². The molecule has 102 valence electrons. The number of hydrogen-bond acceptors (Lipinski definition) is 2. The normalized spacial score (nSPS) is 13.5. The fourth-order valence-corrected chi connectivity index (χ4v) is 2.21. The lowest BCUT2D eigenvalue weighted by molar-refractivity contribution is 0.589. The molecule has 2 aromatic rings. The second-order valence-corrected chi connectivity index (χ2v) is 5.92. The maximum absolute atomic E-state index is 6.31. The third-order valence-corrected chi connectivity index (χ3v) is 3.50. The molecule has 1 unspecified atom stereocenters. The number of imidazole rings is 1. The Bertz CT molecular complexity index is 532. The molecule has 0 amide bonds. The smallest absolute Gasteiger partial charge is 0.130 e. The van der Waals surface area contributed by atoms with E-state index >= 15 is 0 Å². The maximum Gasteiger partial charge on any atom is 0.130 e. The zero-order valence-electron chi connectivity index (χ0n) is 12.2. The van der Waals surface area contributed by atoms with E-state index in [2.05, 4.69) is 61.5 Å². The minimum absolute atomic E-state index is 0.163. The summed E-state index contributed by atoms with van der Waals surface area (Å²) in [5.74, 6) is 0.922. The molecule has 19 heavy (non-hydrogen) atoms. The molecule has 0 spiro atoms. The molecular weight excluding hydrogens is 234 g/mol. The molecule has 0 fully saturated rings. The molecule has 0 aliphatic heterocycles. The van der Waals surface area contributed by atoms with Crippen molar-refractivity contribution in [3.63, 3.8) is 0 Å². The van der Waals surface area contributed by atoms with Crippen molar-refractivity contribution in [2.24, 2.45) is 5.73 Å². The van der Waals surface area contributed by atoms with Gasteiger partial charge in [0.15, 0.2) is 0 Å². The van der Waals surface area contributed by atoms with Gasteiger partial charge in [-0.1, -0.05) is 45.0 Å². The SMILES string of the molecule is CCn1ccnc1C(N)c1ccc(C(C)(C)C)cc1. The molecule has 3 heteroatoms. The topological polar surface area (TPSA) is 43.8 Å². The van der Waals surface area contributed by atoms with E-state index in [9.17, 15) is 0 Å². The fraction of sp³-hybridized carbons (Fsp3) is 0.438. The van der Waals surface area contributed by atoms with Crippen LogP contribution in [0.2, 0.25) is 0 Å². The highest BCUT2D eigenvalue weighted by atomic mass is 15.1. The van der Waals surface area contributed by atoms with Gasteiger partial charge in [-0.15, -0.1) is 0 Å². The third kappa shape index (κ3) is 2.87. The number of nitrogens with zero attached hydrogens (tertiary/aromatic N) is 2. The molecule has 2 rings (SSSR count). The summed E-state index contributed by atoms with van der Waals surface area (Å²) in [4.78, 5) is 4.37. The zero-order chi connectivity index (χ0) is 14.0. The molecule has 1 heterocycles. The van der Waals surface area contributed by atoms with Crippen molar-refractivity contribution >= 4 is 0 Å². The predicted molar refractivity (Wildman–Crippen MR) is 79.1 cm³/mol. The summed E-state index contributed by atoms with van der Waals surface area (Å²) in [7, 11) is 0. The first-order chi connectivity index (χ1) is 8.93. The Balaban J connectivity index is 2.28. The van der Waals surface area contributed by atoms with Gasteiger partial charge in [-0.3, -0.25) is 0 Å². The standard InChI is InChI=1S/C16H23N3/c1-5-19-11-10-18-15(19)14(17)12-6-8-13(9-7-12)16(2,3)4/h6-11,14H,5,17H2,1-4H3. The van der Waals surface area contributed by atoms with Gasteiger partial charge in [0.25, 0.3) is 0 Å². The highest BCUT2D eigenvalue weighted by Gasteiger charge is 2.17. The van der Waals surface area contributed by atoms with E-state index in [0.717, 1.165) is 17.9 Å². The second-order valence-electron chi connectivity index (χ2n) is 5.92. The fourth-order valence-electron chi connectivity index (χ4n) is 2.21. The summed E-state index contributed by atoms with van der Waals surface area (Å²) in [5.41, 5.74) is 8.91. The molecule has 2 N–H and O–H groups in total. The molecule has 1 aromatic carbocycles. The number of aromatic nitrogens is 2. The predicted octanol–water partition coefficient (Wildman–Crippen LogP) is 3.25. The van der Waals surface area contributed by atoms with E-state index in [4.69, 9.17) is 5.73 Å². The number of hydrogen-bond donors (Lipinski definition) is 1. The van der Waals surface area contributed by atoms with Crippen LogP contribution in [0.25, 0.3) is 0 Å². The lowest BCUT2D eigenvalue weighted by Gasteiger charge is -2.20. The maximum atomic E-state index is 6.31. The van der Waals surface area contributed by atoms with Gasteiger partial charge < -0.3 is 10.3 Å². The zero-order valence-corrected chi connectivity index (χ0v) is 12.2.